The van der Waals surface area contributed by atoms with Gasteiger partial charge in [0.05, 0.1) is 17.5 Å². The highest BCUT2D eigenvalue weighted by molar-refractivity contribution is 5.63. The number of rotatable bonds is 2. The molecule has 0 aromatic carbocycles. The molecule has 2 heterocycles. The second-order valence-corrected chi connectivity index (χ2v) is 3.57. The van der Waals surface area contributed by atoms with E-state index < -0.39 is 0 Å². The molecule has 1 fully saturated rings. The van der Waals surface area contributed by atoms with Crippen LogP contribution in [0.2, 0.25) is 0 Å². The van der Waals surface area contributed by atoms with E-state index in [1.807, 2.05) is 18.2 Å². The molecule has 0 radical (unpaired) electrons. The maximum absolute atomic E-state index is 8.78. The van der Waals surface area contributed by atoms with Gasteiger partial charge in [-0.2, -0.15) is 5.26 Å². The number of allylic oxidation sites excluding steroid dienone is 1. The molecule has 0 N–H and O–H groups in total. The van der Waals surface area contributed by atoms with Crippen molar-refractivity contribution in [2.24, 2.45) is 0 Å². The first-order chi connectivity index (χ1) is 7.42. The normalized spacial score (nSPS) is 16.5. The van der Waals surface area contributed by atoms with E-state index >= 15 is 0 Å². The van der Waals surface area contributed by atoms with Crippen LogP contribution in [0.5, 0.6) is 0 Å². The SMILES string of the molecule is N#CC=C(c1ccccn1)N1CCCC1. The minimum Gasteiger partial charge on any atom is -0.369 e. The lowest BCUT2D eigenvalue weighted by Crippen LogP contribution is -2.18. The van der Waals surface area contributed by atoms with Crippen LogP contribution >= 0.6 is 0 Å². The van der Waals surface area contributed by atoms with Gasteiger partial charge in [0, 0.05) is 25.4 Å². The molecule has 3 nitrogen and oxygen atoms in total. The molecule has 1 aliphatic rings. The van der Waals surface area contributed by atoms with Gasteiger partial charge in [-0.3, -0.25) is 4.98 Å². The summed E-state index contributed by atoms with van der Waals surface area (Å²) in [5, 5.41) is 8.78. The third-order valence-corrected chi connectivity index (χ3v) is 2.58. The van der Waals surface area contributed by atoms with Crippen LogP contribution in [0.15, 0.2) is 30.5 Å². The Bertz CT molecular complexity index is 383. The second-order valence-electron chi connectivity index (χ2n) is 3.57. The monoisotopic (exact) mass is 199 g/mol. The minimum atomic E-state index is 0.890. The van der Waals surface area contributed by atoms with Gasteiger partial charge in [0.15, 0.2) is 0 Å². The van der Waals surface area contributed by atoms with Crippen LogP contribution < -0.4 is 0 Å². The molecule has 0 bridgehead atoms. The predicted octanol–water partition coefficient (Wildman–Crippen LogP) is 2.04. The van der Waals surface area contributed by atoms with Crippen molar-refractivity contribution in [3.8, 4) is 6.07 Å². The first-order valence-electron chi connectivity index (χ1n) is 5.18. The largest absolute Gasteiger partial charge is 0.369 e. The lowest BCUT2D eigenvalue weighted by Gasteiger charge is -2.19. The van der Waals surface area contributed by atoms with Gasteiger partial charge in [-0.25, -0.2) is 0 Å². The lowest BCUT2D eigenvalue weighted by atomic mass is 10.2. The van der Waals surface area contributed by atoms with Crippen molar-refractivity contribution in [3.63, 3.8) is 0 Å². The maximum Gasteiger partial charge on any atom is 0.0934 e. The minimum absolute atomic E-state index is 0.890. The first kappa shape index (κ1) is 9.72. The van der Waals surface area contributed by atoms with Crippen molar-refractivity contribution in [3.05, 3.63) is 36.2 Å². The highest BCUT2D eigenvalue weighted by Crippen LogP contribution is 2.21. The maximum atomic E-state index is 8.78. The highest BCUT2D eigenvalue weighted by atomic mass is 15.2. The van der Waals surface area contributed by atoms with Crippen LogP contribution in [0.1, 0.15) is 18.5 Å². The van der Waals surface area contributed by atoms with E-state index in [9.17, 15) is 0 Å². The molecule has 0 aliphatic carbocycles. The van der Waals surface area contributed by atoms with Crippen LogP contribution in [0.4, 0.5) is 0 Å². The van der Waals surface area contributed by atoms with Gasteiger partial charge in [-0.15, -0.1) is 0 Å². The molecule has 1 aromatic heterocycles. The number of aromatic nitrogens is 1. The molecule has 0 atom stereocenters. The molecule has 1 aromatic rings. The van der Waals surface area contributed by atoms with E-state index in [0.717, 1.165) is 24.5 Å². The summed E-state index contributed by atoms with van der Waals surface area (Å²) in [7, 11) is 0. The van der Waals surface area contributed by atoms with E-state index in [1.54, 1.807) is 12.3 Å². The average Bonchev–Trinajstić information content (AvgIpc) is 2.80. The van der Waals surface area contributed by atoms with Crippen LogP contribution in [-0.4, -0.2) is 23.0 Å². The summed E-state index contributed by atoms with van der Waals surface area (Å²) in [6.45, 7) is 2.06. The molecule has 15 heavy (non-hydrogen) atoms. The van der Waals surface area contributed by atoms with Crippen LogP contribution in [-0.2, 0) is 0 Å². The van der Waals surface area contributed by atoms with E-state index in [4.69, 9.17) is 5.26 Å². The van der Waals surface area contributed by atoms with Crippen molar-refractivity contribution < 1.29 is 0 Å². The van der Waals surface area contributed by atoms with Crippen LogP contribution in [0, 0.1) is 11.3 Å². The number of nitrogens with zero attached hydrogens (tertiary/aromatic N) is 3. The van der Waals surface area contributed by atoms with E-state index in [1.165, 1.54) is 12.8 Å². The van der Waals surface area contributed by atoms with Gasteiger partial charge in [0.25, 0.3) is 0 Å². The summed E-state index contributed by atoms with van der Waals surface area (Å²) in [5.41, 5.74) is 1.84. The molecule has 0 saturated carbocycles. The average molecular weight is 199 g/mol. The third kappa shape index (κ3) is 2.16. The fourth-order valence-electron chi connectivity index (χ4n) is 1.86. The summed E-state index contributed by atoms with van der Waals surface area (Å²) in [5.74, 6) is 0. The topological polar surface area (TPSA) is 39.9 Å². The number of likely N-dealkylation sites (tertiary alicyclic amines) is 1. The van der Waals surface area contributed by atoms with Crippen molar-refractivity contribution in [1.29, 1.82) is 5.26 Å². The van der Waals surface area contributed by atoms with Gasteiger partial charge < -0.3 is 4.90 Å². The van der Waals surface area contributed by atoms with Crippen molar-refractivity contribution in [1.82, 2.24) is 9.88 Å². The predicted molar refractivity (Wildman–Crippen MR) is 58.6 cm³/mol. The highest BCUT2D eigenvalue weighted by Gasteiger charge is 2.16. The summed E-state index contributed by atoms with van der Waals surface area (Å²) >= 11 is 0. The number of hydrogen-bond donors (Lipinski definition) is 0. The Kier molecular flexibility index (Phi) is 2.99. The van der Waals surface area contributed by atoms with Gasteiger partial charge in [-0.05, 0) is 25.0 Å². The molecule has 0 amide bonds. The number of hydrogen-bond acceptors (Lipinski definition) is 3. The number of nitriles is 1. The fourth-order valence-corrected chi connectivity index (χ4v) is 1.86. The summed E-state index contributed by atoms with van der Waals surface area (Å²) in [6, 6.07) is 7.88. The molecule has 3 heteroatoms. The fraction of sp³-hybridized carbons (Fsp3) is 0.333. The van der Waals surface area contributed by atoms with E-state index in [0.29, 0.717) is 0 Å². The summed E-state index contributed by atoms with van der Waals surface area (Å²) in [4.78, 5) is 6.51. The Hall–Kier alpha value is -1.82. The molecular formula is C12H13N3. The molecule has 2 rings (SSSR count). The zero-order chi connectivity index (χ0) is 10.5. The molecule has 1 aliphatic heterocycles. The van der Waals surface area contributed by atoms with E-state index in [-0.39, 0.29) is 0 Å². The Balaban J connectivity index is 2.29. The molecular weight excluding hydrogens is 186 g/mol. The standard InChI is InChI=1S/C12H13N3/c13-7-6-12(15-9-3-4-10-15)11-5-1-2-8-14-11/h1-2,5-6,8H,3-4,9-10H2. The van der Waals surface area contributed by atoms with Crippen molar-refractivity contribution in [2.75, 3.05) is 13.1 Å². The molecule has 1 saturated heterocycles. The lowest BCUT2D eigenvalue weighted by molar-refractivity contribution is 0.491. The first-order valence-corrected chi connectivity index (χ1v) is 5.18. The summed E-state index contributed by atoms with van der Waals surface area (Å²) < 4.78 is 0. The summed E-state index contributed by atoms with van der Waals surface area (Å²) in [6.07, 6.45) is 5.76. The second kappa shape index (κ2) is 4.61. The quantitative estimate of drug-likeness (QED) is 0.684. The smallest absolute Gasteiger partial charge is 0.0934 e. The molecule has 0 spiro atoms. The zero-order valence-electron chi connectivity index (χ0n) is 8.56. The van der Waals surface area contributed by atoms with E-state index in [2.05, 4.69) is 16.0 Å². The third-order valence-electron chi connectivity index (χ3n) is 2.58. The number of pyridine rings is 1. The van der Waals surface area contributed by atoms with Crippen LogP contribution in [0.25, 0.3) is 5.70 Å². The van der Waals surface area contributed by atoms with Gasteiger partial charge in [0.2, 0.25) is 0 Å². The van der Waals surface area contributed by atoms with Crippen LogP contribution in [0.3, 0.4) is 0 Å². The van der Waals surface area contributed by atoms with Crippen molar-refractivity contribution in [2.45, 2.75) is 12.8 Å². The van der Waals surface area contributed by atoms with Gasteiger partial charge in [-0.1, -0.05) is 6.07 Å². The van der Waals surface area contributed by atoms with Gasteiger partial charge in [0.1, 0.15) is 0 Å². The molecule has 0 unspecified atom stereocenters. The Morgan fingerprint density at radius 1 is 1.40 bits per heavy atom. The molecule has 76 valence electrons. The Morgan fingerprint density at radius 3 is 2.80 bits per heavy atom. The zero-order valence-corrected chi connectivity index (χ0v) is 8.56. The van der Waals surface area contributed by atoms with Gasteiger partial charge >= 0.3 is 0 Å². The Labute approximate surface area is 89.7 Å². The van der Waals surface area contributed by atoms with Crippen molar-refractivity contribution >= 4 is 5.70 Å². The Morgan fingerprint density at radius 2 is 2.20 bits per heavy atom.